The fourth-order valence-corrected chi connectivity index (χ4v) is 8.66. The van der Waals surface area contributed by atoms with Crippen LogP contribution in [0.4, 0.5) is 0 Å². The smallest absolute Gasteiger partial charge is 0.133 e. The van der Waals surface area contributed by atoms with Crippen molar-refractivity contribution in [3.8, 4) is 44.5 Å². The normalized spacial score (nSPS) is 15.4. The van der Waals surface area contributed by atoms with Crippen molar-refractivity contribution in [1.82, 2.24) is 5.32 Å². The van der Waals surface area contributed by atoms with Crippen LogP contribution in [0, 0.1) is 0 Å². The average Bonchev–Trinajstić information content (AvgIpc) is 3.48. The molecule has 0 amide bonds. The minimum absolute atomic E-state index is 0.128. The molecule has 262 valence electrons. The summed E-state index contributed by atoms with van der Waals surface area (Å²) in [7, 11) is 0. The highest BCUT2D eigenvalue weighted by molar-refractivity contribution is 6.05. The van der Waals surface area contributed by atoms with Gasteiger partial charge in [0, 0.05) is 16.7 Å². The number of nitrogens with zero attached hydrogens (tertiary/aromatic N) is 1. The number of aliphatic imine (C=N–C) groups is 1. The first kappa shape index (κ1) is 32.8. The standard InChI is InChI=1S/C53H40N2/c1-53(2)48-33-42-19-10-9-18-41(42)32-47(48)46-25-13-24-45(51(46)53)43-22-11-20-39(30-43)40-21-12-23-44(31-40)50-34-49(54-52(55-50)38-16-7-4-8-17-38)37-28-26-36(27-29-37)35-14-5-3-6-15-35/h3-34,50H,1-2H3,(H,54,55). The summed E-state index contributed by atoms with van der Waals surface area (Å²) in [6.45, 7) is 4.76. The SMILES string of the molecule is CC1(C)c2cc3ccccc3cc2-c2cccc(-c3cccc(-c4cccc(C5C=C(c6ccc(-c7ccccc7)cc6)NC(c6ccccc6)=N5)c4)c3)c21. The molecule has 1 unspecified atom stereocenters. The summed E-state index contributed by atoms with van der Waals surface area (Å²) < 4.78 is 0. The molecule has 1 atom stereocenters. The number of amidine groups is 1. The lowest BCUT2D eigenvalue weighted by Gasteiger charge is -2.25. The molecule has 0 aromatic heterocycles. The molecule has 55 heavy (non-hydrogen) atoms. The molecule has 0 radical (unpaired) electrons. The lowest BCUT2D eigenvalue weighted by atomic mass is 9.78. The van der Waals surface area contributed by atoms with E-state index in [0.29, 0.717) is 0 Å². The topological polar surface area (TPSA) is 24.4 Å². The molecule has 2 aliphatic rings. The second kappa shape index (κ2) is 13.3. The fourth-order valence-electron chi connectivity index (χ4n) is 8.66. The summed E-state index contributed by atoms with van der Waals surface area (Å²) in [6.07, 6.45) is 2.26. The van der Waals surface area contributed by atoms with Crippen LogP contribution < -0.4 is 5.32 Å². The van der Waals surface area contributed by atoms with E-state index in [9.17, 15) is 0 Å². The Morgan fingerprint density at radius 3 is 1.76 bits per heavy atom. The van der Waals surface area contributed by atoms with E-state index >= 15 is 0 Å². The van der Waals surface area contributed by atoms with Gasteiger partial charge in [0.05, 0.1) is 6.04 Å². The van der Waals surface area contributed by atoms with Crippen molar-refractivity contribution in [2.45, 2.75) is 25.3 Å². The third kappa shape index (κ3) is 5.88. The Balaban J connectivity index is 1.02. The van der Waals surface area contributed by atoms with Crippen LogP contribution in [0.2, 0.25) is 0 Å². The van der Waals surface area contributed by atoms with Gasteiger partial charge in [-0.15, -0.1) is 0 Å². The maximum Gasteiger partial charge on any atom is 0.133 e. The van der Waals surface area contributed by atoms with Crippen molar-refractivity contribution in [3.63, 3.8) is 0 Å². The van der Waals surface area contributed by atoms with Crippen LogP contribution in [0.5, 0.6) is 0 Å². The maximum atomic E-state index is 5.29. The Hall–Kier alpha value is -6.77. The summed E-state index contributed by atoms with van der Waals surface area (Å²) >= 11 is 0. The molecule has 2 nitrogen and oxygen atoms in total. The molecule has 10 rings (SSSR count). The lowest BCUT2D eigenvalue weighted by Crippen LogP contribution is -2.27. The Labute approximate surface area is 323 Å². The van der Waals surface area contributed by atoms with E-state index in [1.54, 1.807) is 0 Å². The van der Waals surface area contributed by atoms with Crippen molar-refractivity contribution in [3.05, 3.63) is 222 Å². The van der Waals surface area contributed by atoms with Gasteiger partial charge < -0.3 is 5.32 Å². The second-order valence-corrected chi connectivity index (χ2v) is 15.2. The molecule has 1 aliphatic carbocycles. The Morgan fingerprint density at radius 2 is 1.00 bits per heavy atom. The molecule has 0 bridgehead atoms. The van der Waals surface area contributed by atoms with E-state index in [-0.39, 0.29) is 11.5 Å². The van der Waals surface area contributed by atoms with Gasteiger partial charge in [0.15, 0.2) is 0 Å². The zero-order valence-electron chi connectivity index (χ0n) is 31.0. The highest BCUT2D eigenvalue weighted by Crippen LogP contribution is 2.53. The second-order valence-electron chi connectivity index (χ2n) is 15.2. The fraction of sp³-hybridized carbons (Fsp3) is 0.0755. The van der Waals surface area contributed by atoms with Gasteiger partial charge in [-0.25, -0.2) is 0 Å². The van der Waals surface area contributed by atoms with Crippen molar-refractivity contribution in [2.75, 3.05) is 0 Å². The minimum atomic E-state index is -0.157. The van der Waals surface area contributed by atoms with Gasteiger partial charge in [-0.1, -0.05) is 178 Å². The predicted octanol–water partition coefficient (Wildman–Crippen LogP) is 13.3. The van der Waals surface area contributed by atoms with Crippen molar-refractivity contribution in [2.24, 2.45) is 4.99 Å². The first-order valence-corrected chi connectivity index (χ1v) is 19.2. The molecule has 8 aromatic carbocycles. The summed E-state index contributed by atoms with van der Waals surface area (Å²) in [5.74, 6) is 0.872. The van der Waals surface area contributed by atoms with Crippen LogP contribution in [0.25, 0.3) is 61.0 Å². The molecule has 1 aliphatic heterocycles. The number of hydrogen-bond acceptors (Lipinski definition) is 2. The molecule has 0 fully saturated rings. The van der Waals surface area contributed by atoms with E-state index < -0.39 is 0 Å². The van der Waals surface area contributed by atoms with E-state index in [4.69, 9.17) is 4.99 Å². The first-order chi connectivity index (χ1) is 27.0. The third-order valence-electron chi connectivity index (χ3n) is 11.5. The number of nitrogens with one attached hydrogen (secondary N) is 1. The van der Waals surface area contributed by atoms with Gasteiger partial charge in [0.25, 0.3) is 0 Å². The van der Waals surface area contributed by atoms with Crippen LogP contribution >= 0.6 is 0 Å². The average molecular weight is 705 g/mol. The first-order valence-electron chi connectivity index (χ1n) is 19.2. The molecular weight excluding hydrogens is 665 g/mol. The predicted molar refractivity (Wildman–Crippen MR) is 231 cm³/mol. The molecule has 8 aromatic rings. The van der Waals surface area contributed by atoms with Crippen LogP contribution in [-0.4, -0.2) is 5.84 Å². The van der Waals surface area contributed by atoms with Gasteiger partial charge >= 0.3 is 0 Å². The summed E-state index contributed by atoms with van der Waals surface area (Å²) in [6, 6.07) is 67.9. The monoisotopic (exact) mass is 704 g/mol. The number of rotatable bonds is 6. The number of fused-ring (bicyclic) bond motifs is 4. The largest absolute Gasteiger partial charge is 0.340 e. The molecule has 0 saturated carbocycles. The maximum absolute atomic E-state index is 5.29. The van der Waals surface area contributed by atoms with E-state index in [0.717, 1.165) is 28.2 Å². The highest BCUT2D eigenvalue weighted by Gasteiger charge is 2.37. The van der Waals surface area contributed by atoms with E-state index in [2.05, 4.69) is 207 Å². The molecule has 1 N–H and O–H groups in total. The van der Waals surface area contributed by atoms with Gasteiger partial charge in [-0.2, -0.15) is 0 Å². The molecule has 1 heterocycles. The van der Waals surface area contributed by atoms with E-state index in [1.165, 1.54) is 66.4 Å². The molecule has 0 spiro atoms. The van der Waals surface area contributed by atoms with Gasteiger partial charge in [-0.05, 0) is 108 Å². The number of hydrogen-bond donors (Lipinski definition) is 1. The van der Waals surface area contributed by atoms with Gasteiger partial charge in [-0.3, -0.25) is 4.99 Å². The highest BCUT2D eigenvalue weighted by atomic mass is 15.0. The van der Waals surface area contributed by atoms with Crippen molar-refractivity contribution >= 4 is 22.3 Å². The summed E-state index contributed by atoms with van der Waals surface area (Å²) in [5.41, 5.74) is 17.1. The van der Waals surface area contributed by atoms with Gasteiger partial charge in [0.1, 0.15) is 5.84 Å². The van der Waals surface area contributed by atoms with Crippen LogP contribution in [0.1, 0.15) is 47.7 Å². The molecule has 2 heteroatoms. The quantitative estimate of drug-likeness (QED) is 0.183. The molecule has 0 saturated heterocycles. The molecular formula is C53H40N2. The zero-order chi connectivity index (χ0) is 36.9. The van der Waals surface area contributed by atoms with Gasteiger partial charge in [0.2, 0.25) is 0 Å². The summed E-state index contributed by atoms with van der Waals surface area (Å²) in [4.78, 5) is 5.29. The Bertz CT molecular complexity index is 2790. The Kier molecular flexibility index (Phi) is 7.92. The minimum Gasteiger partial charge on any atom is -0.340 e. The van der Waals surface area contributed by atoms with Crippen LogP contribution in [0.15, 0.2) is 199 Å². The van der Waals surface area contributed by atoms with Crippen LogP contribution in [0.3, 0.4) is 0 Å². The lowest BCUT2D eigenvalue weighted by molar-refractivity contribution is 0.663. The summed E-state index contributed by atoms with van der Waals surface area (Å²) in [5, 5.41) is 6.25. The number of benzene rings is 8. The van der Waals surface area contributed by atoms with Crippen LogP contribution in [-0.2, 0) is 5.41 Å². The van der Waals surface area contributed by atoms with E-state index in [1.807, 2.05) is 6.07 Å². The van der Waals surface area contributed by atoms with Crippen molar-refractivity contribution in [1.29, 1.82) is 0 Å². The zero-order valence-corrected chi connectivity index (χ0v) is 31.0. The third-order valence-corrected chi connectivity index (χ3v) is 11.5. The Morgan fingerprint density at radius 1 is 0.436 bits per heavy atom. The van der Waals surface area contributed by atoms with Crippen molar-refractivity contribution < 1.29 is 0 Å².